The Hall–Kier alpha value is -3.92. The topological polar surface area (TPSA) is 39.2 Å². The van der Waals surface area contributed by atoms with Crippen LogP contribution in [0.1, 0.15) is 11.1 Å². The number of aryl methyl sites for hydroxylation is 2. The molecule has 4 aromatic carbocycles. The van der Waals surface area contributed by atoms with Crippen molar-refractivity contribution < 1.29 is 9.47 Å². The smallest absolute Gasteiger partial charge is 0.143 e. The van der Waals surface area contributed by atoms with Gasteiger partial charge in [-0.1, -0.05) is 36.4 Å². The third kappa shape index (κ3) is 2.43. The van der Waals surface area contributed by atoms with Crippen LogP contribution >= 0.6 is 0 Å². The van der Waals surface area contributed by atoms with E-state index in [1.165, 1.54) is 21.7 Å². The summed E-state index contributed by atoms with van der Waals surface area (Å²) < 4.78 is 14.1. The van der Waals surface area contributed by atoms with Crippen LogP contribution in [0.2, 0.25) is 0 Å². The van der Waals surface area contributed by atoms with Gasteiger partial charge in [0.05, 0.1) is 36.5 Å². The second-order valence-electron chi connectivity index (χ2n) is 8.38. The minimum Gasteiger partial charge on any atom is -0.495 e. The molecular weight excluding hydrogens is 396 g/mol. The van der Waals surface area contributed by atoms with Gasteiger partial charge in [-0.2, -0.15) is 0 Å². The van der Waals surface area contributed by atoms with Crippen LogP contribution in [0.15, 0.2) is 66.7 Å². The van der Waals surface area contributed by atoms with E-state index >= 15 is 0 Å². The molecule has 0 bridgehead atoms. The van der Waals surface area contributed by atoms with Crippen LogP contribution in [-0.2, 0) is 0 Å². The quantitative estimate of drug-likeness (QED) is 0.333. The number of nitrogens with zero attached hydrogens (tertiary/aromatic N) is 1. The summed E-state index contributed by atoms with van der Waals surface area (Å²) in [5.41, 5.74) is 7.81. The Labute approximate surface area is 186 Å². The summed E-state index contributed by atoms with van der Waals surface area (Å²) in [5, 5.41) is 4.74. The van der Waals surface area contributed by atoms with E-state index in [4.69, 9.17) is 9.47 Å². The maximum atomic E-state index is 5.91. The normalized spacial score (nSPS) is 11.8. The molecule has 0 saturated heterocycles. The molecule has 0 amide bonds. The van der Waals surface area contributed by atoms with E-state index < -0.39 is 0 Å². The number of H-pyrrole nitrogens is 1. The van der Waals surface area contributed by atoms with Crippen molar-refractivity contribution in [3.05, 3.63) is 77.9 Å². The number of aromatic amines is 1. The number of para-hydroxylation sites is 2. The Kier molecular flexibility index (Phi) is 3.99. The third-order valence-electron chi connectivity index (χ3n) is 6.45. The fourth-order valence-corrected chi connectivity index (χ4v) is 5.14. The summed E-state index contributed by atoms with van der Waals surface area (Å²) in [7, 11) is 3.48. The van der Waals surface area contributed by atoms with E-state index in [0.717, 1.165) is 50.2 Å². The lowest BCUT2D eigenvalue weighted by molar-refractivity contribution is 0.418. The molecule has 0 radical (unpaired) electrons. The fourth-order valence-electron chi connectivity index (χ4n) is 5.14. The van der Waals surface area contributed by atoms with Crippen molar-refractivity contribution in [3.63, 3.8) is 0 Å². The molecule has 6 aromatic rings. The molecule has 0 spiro atoms. The van der Waals surface area contributed by atoms with Crippen LogP contribution in [0, 0.1) is 13.8 Å². The molecule has 0 aliphatic carbocycles. The Balaban J connectivity index is 1.91. The lowest BCUT2D eigenvalue weighted by Gasteiger charge is -2.17. The summed E-state index contributed by atoms with van der Waals surface area (Å²) >= 11 is 0. The summed E-state index contributed by atoms with van der Waals surface area (Å²) in [6, 6.07) is 23.5. The fraction of sp³-hybridized carbons (Fsp3) is 0.143. The van der Waals surface area contributed by atoms with Crippen LogP contribution in [0.25, 0.3) is 49.3 Å². The number of hydrogen-bond donors (Lipinski definition) is 1. The minimum atomic E-state index is 0.848. The van der Waals surface area contributed by atoms with E-state index in [1.54, 1.807) is 14.2 Å². The predicted octanol–water partition coefficient (Wildman–Crippen LogP) is 7.05. The molecule has 1 N–H and O–H groups in total. The van der Waals surface area contributed by atoms with Crippen molar-refractivity contribution in [1.29, 1.82) is 0 Å². The van der Waals surface area contributed by atoms with Gasteiger partial charge in [-0.15, -0.1) is 0 Å². The molecule has 2 heterocycles. The first-order valence-electron chi connectivity index (χ1n) is 10.8. The molecule has 0 saturated carbocycles. The molecule has 4 nitrogen and oxygen atoms in total. The first-order valence-corrected chi connectivity index (χ1v) is 10.8. The lowest BCUT2D eigenvalue weighted by Crippen LogP contribution is -2.01. The number of fused-ring (bicyclic) bond motifs is 6. The molecule has 2 aromatic heterocycles. The van der Waals surface area contributed by atoms with Crippen molar-refractivity contribution in [1.82, 2.24) is 9.55 Å². The first kappa shape index (κ1) is 18.8. The van der Waals surface area contributed by atoms with Crippen molar-refractivity contribution in [3.8, 4) is 17.2 Å². The van der Waals surface area contributed by atoms with Gasteiger partial charge >= 0.3 is 0 Å². The highest BCUT2D eigenvalue weighted by Gasteiger charge is 2.22. The van der Waals surface area contributed by atoms with Crippen LogP contribution in [0.3, 0.4) is 0 Å². The monoisotopic (exact) mass is 420 g/mol. The van der Waals surface area contributed by atoms with E-state index in [9.17, 15) is 0 Å². The van der Waals surface area contributed by atoms with Gasteiger partial charge in [-0.25, -0.2) is 0 Å². The highest BCUT2D eigenvalue weighted by Crippen LogP contribution is 2.44. The minimum absolute atomic E-state index is 0.848. The number of ether oxygens (including phenoxy) is 2. The number of aromatic nitrogens is 2. The number of benzene rings is 4. The SMILES string of the molecule is COc1cc(C)c(-n2c3ccccc3c3cc(C)cc(OC)c32)c2c1[nH]c1ccccc12. The number of rotatable bonds is 3. The van der Waals surface area contributed by atoms with Gasteiger partial charge < -0.3 is 19.0 Å². The van der Waals surface area contributed by atoms with Crippen molar-refractivity contribution in [2.45, 2.75) is 13.8 Å². The molecule has 0 fully saturated rings. The lowest BCUT2D eigenvalue weighted by atomic mass is 10.0. The molecule has 0 aliphatic heterocycles. The van der Waals surface area contributed by atoms with Gasteiger partial charge in [-0.05, 0) is 55.3 Å². The zero-order valence-corrected chi connectivity index (χ0v) is 18.6. The second kappa shape index (κ2) is 6.79. The van der Waals surface area contributed by atoms with Crippen molar-refractivity contribution in [2.75, 3.05) is 14.2 Å². The molecule has 32 heavy (non-hydrogen) atoms. The van der Waals surface area contributed by atoms with E-state index in [1.807, 2.05) is 0 Å². The van der Waals surface area contributed by atoms with Gasteiger partial charge in [0.25, 0.3) is 0 Å². The molecular formula is C28H24N2O2. The van der Waals surface area contributed by atoms with Gasteiger partial charge in [0.1, 0.15) is 11.5 Å². The van der Waals surface area contributed by atoms with Crippen LogP contribution in [0.4, 0.5) is 0 Å². The Morgan fingerprint density at radius 2 is 1.47 bits per heavy atom. The largest absolute Gasteiger partial charge is 0.495 e. The summed E-state index contributed by atoms with van der Waals surface area (Å²) in [5.74, 6) is 1.72. The van der Waals surface area contributed by atoms with Gasteiger partial charge in [0, 0.05) is 27.1 Å². The molecule has 0 atom stereocenters. The van der Waals surface area contributed by atoms with Crippen molar-refractivity contribution >= 4 is 43.6 Å². The number of nitrogens with one attached hydrogen (secondary N) is 1. The van der Waals surface area contributed by atoms with Crippen LogP contribution in [-0.4, -0.2) is 23.8 Å². The first-order chi connectivity index (χ1) is 15.6. The molecule has 0 unspecified atom stereocenters. The molecule has 4 heteroatoms. The van der Waals surface area contributed by atoms with Gasteiger partial charge in [0.2, 0.25) is 0 Å². The van der Waals surface area contributed by atoms with Crippen LogP contribution < -0.4 is 9.47 Å². The van der Waals surface area contributed by atoms with E-state index in [2.05, 4.69) is 90.1 Å². The van der Waals surface area contributed by atoms with E-state index in [-0.39, 0.29) is 0 Å². The summed E-state index contributed by atoms with van der Waals surface area (Å²) in [6.07, 6.45) is 0. The molecule has 0 aliphatic rings. The molecule has 158 valence electrons. The highest BCUT2D eigenvalue weighted by molar-refractivity contribution is 6.17. The maximum absolute atomic E-state index is 5.91. The predicted molar refractivity (Wildman–Crippen MR) is 133 cm³/mol. The Bertz CT molecular complexity index is 1670. The third-order valence-corrected chi connectivity index (χ3v) is 6.45. The van der Waals surface area contributed by atoms with Gasteiger partial charge in [-0.3, -0.25) is 0 Å². The summed E-state index contributed by atoms with van der Waals surface area (Å²) in [4.78, 5) is 3.59. The number of methoxy groups -OCH3 is 2. The summed E-state index contributed by atoms with van der Waals surface area (Å²) in [6.45, 7) is 4.27. The second-order valence-corrected chi connectivity index (χ2v) is 8.38. The highest BCUT2D eigenvalue weighted by atomic mass is 16.5. The number of hydrogen-bond acceptors (Lipinski definition) is 2. The maximum Gasteiger partial charge on any atom is 0.143 e. The molecule has 6 rings (SSSR count). The average Bonchev–Trinajstić information content (AvgIpc) is 3.35. The van der Waals surface area contributed by atoms with Crippen molar-refractivity contribution in [2.24, 2.45) is 0 Å². The zero-order valence-electron chi connectivity index (χ0n) is 18.6. The Morgan fingerprint density at radius 3 is 2.25 bits per heavy atom. The van der Waals surface area contributed by atoms with E-state index in [0.29, 0.717) is 0 Å². The zero-order chi connectivity index (χ0) is 22.0. The van der Waals surface area contributed by atoms with Gasteiger partial charge in [0.15, 0.2) is 0 Å². The van der Waals surface area contributed by atoms with Crippen LogP contribution in [0.5, 0.6) is 11.5 Å². The Morgan fingerprint density at radius 1 is 0.750 bits per heavy atom. The average molecular weight is 421 g/mol. The standard InChI is InChI=1S/C28H24N2O2/c1-16-13-20-18-9-6-8-12-22(18)30(28(20)24(14-16)32-4)27-17(2)15-23(31-3)26-25(27)19-10-5-7-11-21(19)29-26/h5-15,29H,1-4H3.